The lowest BCUT2D eigenvalue weighted by Crippen LogP contribution is -2.38. The van der Waals surface area contributed by atoms with Crippen LogP contribution in [0.1, 0.15) is 50.5 Å². The van der Waals surface area contributed by atoms with E-state index < -0.39 is 17.2 Å². The van der Waals surface area contributed by atoms with Crippen molar-refractivity contribution >= 4 is 21.9 Å². The van der Waals surface area contributed by atoms with Crippen molar-refractivity contribution in [1.29, 1.82) is 0 Å². The molecule has 2 saturated carbocycles. The number of carbonyl (C=O) groups is 1. The van der Waals surface area contributed by atoms with Crippen molar-refractivity contribution in [3.63, 3.8) is 0 Å². The van der Waals surface area contributed by atoms with Gasteiger partial charge in [-0.1, -0.05) is 19.3 Å². The molecular weight excluding hydrogens is 351 g/mol. The maximum atomic E-state index is 13.9. The van der Waals surface area contributed by atoms with E-state index in [1.165, 1.54) is 12.1 Å². The van der Waals surface area contributed by atoms with E-state index in [0.717, 1.165) is 32.1 Å². The van der Waals surface area contributed by atoms with Gasteiger partial charge in [-0.15, -0.1) is 0 Å². The Bertz CT molecular complexity index is 578. The molecule has 0 aliphatic heterocycles. The van der Waals surface area contributed by atoms with Crippen molar-refractivity contribution in [3.8, 4) is 5.75 Å². The van der Waals surface area contributed by atoms with Crippen LogP contribution in [0.2, 0.25) is 0 Å². The Labute approximate surface area is 138 Å². The van der Waals surface area contributed by atoms with Gasteiger partial charge in [-0.05, 0) is 59.7 Å². The molecule has 3 rings (SSSR count). The summed E-state index contributed by atoms with van der Waals surface area (Å²) in [6.45, 7) is 0.576. The van der Waals surface area contributed by atoms with Crippen molar-refractivity contribution in [3.05, 3.63) is 28.0 Å². The molecule has 0 aromatic heterocycles. The topological polar surface area (TPSA) is 46.5 Å². The van der Waals surface area contributed by atoms with Gasteiger partial charge in [-0.2, -0.15) is 0 Å². The molecular formula is C17H20BrFO3. The fraction of sp³-hybridized carbons (Fsp3) is 0.588. The van der Waals surface area contributed by atoms with Crippen LogP contribution in [0.25, 0.3) is 0 Å². The van der Waals surface area contributed by atoms with Gasteiger partial charge in [0.15, 0.2) is 0 Å². The number of ether oxygens (including phenoxy) is 1. The lowest BCUT2D eigenvalue weighted by atomic mass is 9.69. The van der Waals surface area contributed by atoms with E-state index in [1.54, 1.807) is 0 Å². The van der Waals surface area contributed by atoms with Crippen LogP contribution in [0.3, 0.4) is 0 Å². The summed E-state index contributed by atoms with van der Waals surface area (Å²) in [5.41, 5.74) is -0.533. The van der Waals surface area contributed by atoms with E-state index in [1.807, 2.05) is 0 Å². The highest BCUT2D eigenvalue weighted by atomic mass is 79.9. The van der Waals surface area contributed by atoms with Gasteiger partial charge in [0.25, 0.3) is 0 Å². The number of hydrogen-bond donors (Lipinski definition) is 1. The maximum absolute atomic E-state index is 13.9. The molecule has 1 aromatic rings. The summed E-state index contributed by atoms with van der Waals surface area (Å²) in [5.74, 6) is -0.234. The average Bonchev–Trinajstić information content (AvgIpc) is 3.30. The van der Waals surface area contributed by atoms with E-state index in [-0.39, 0.29) is 0 Å². The van der Waals surface area contributed by atoms with Crippen molar-refractivity contribution in [2.75, 3.05) is 6.61 Å². The quantitative estimate of drug-likeness (QED) is 0.819. The molecule has 3 nitrogen and oxygen atoms in total. The minimum Gasteiger partial charge on any atom is -0.492 e. The lowest BCUT2D eigenvalue weighted by molar-refractivity contribution is -0.145. The highest BCUT2D eigenvalue weighted by Crippen LogP contribution is 2.46. The predicted octanol–water partition coefficient (Wildman–Crippen LogP) is 4.66. The van der Waals surface area contributed by atoms with Crippen LogP contribution < -0.4 is 4.74 Å². The molecule has 0 unspecified atom stereocenters. The molecule has 22 heavy (non-hydrogen) atoms. The molecule has 5 heteroatoms. The van der Waals surface area contributed by atoms with E-state index in [9.17, 15) is 14.3 Å². The largest absolute Gasteiger partial charge is 0.492 e. The van der Waals surface area contributed by atoms with Gasteiger partial charge in [0.2, 0.25) is 0 Å². The first-order chi connectivity index (χ1) is 10.5. The molecule has 0 amide bonds. The van der Waals surface area contributed by atoms with E-state index in [4.69, 9.17) is 4.74 Å². The van der Waals surface area contributed by atoms with Crippen molar-refractivity contribution in [2.45, 2.75) is 50.4 Å². The van der Waals surface area contributed by atoms with Crippen LogP contribution in [0.15, 0.2) is 16.6 Å². The van der Waals surface area contributed by atoms with Crippen LogP contribution in [0, 0.1) is 11.7 Å². The second kappa shape index (κ2) is 6.19. The summed E-state index contributed by atoms with van der Waals surface area (Å²) in [4.78, 5) is 12.0. The van der Waals surface area contributed by atoms with Gasteiger partial charge < -0.3 is 9.84 Å². The normalized spacial score (nSPS) is 20.6. The van der Waals surface area contributed by atoms with Crippen molar-refractivity contribution in [2.24, 2.45) is 5.92 Å². The first kappa shape index (κ1) is 15.8. The fourth-order valence-corrected chi connectivity index (χ4v) is 3.85. The second-order valence-corrected chi connectivity index (χ2v) is 7.32. The Hall–Kier alpha value is -1.10. The highest BCUT2D eigenvalue weighted by Gasteiger charge is 2.44. The van der Waals surface area contributed by atoms with Gasteiger partial charge >= 0.3 is 5.97 Å². The molecule has 1 N–H and O–H groups in total. The minimum atomic E-state index is -1.03. The molecule has 2 aliphatic rings. The Balaban J connectivity index is 2.03. The summed E-state index contributed by atoms with van der Waals surface area (Å²) in [6.07, 6.45) is 6.11. The van der Waals surface area contributed by atoms with Crippen LogP contribution in [0.5, 0.6) is 5.75 Å². The molecule has 1 aromatic carbocycles. The molecule has 2 aliphatic carbocycles. The molecule has 120 valence electrons. The maximum Gasteiger partial charge on any atom is 0.314 e. The van der Waals surface area contributed by atoms with Gasteiger partial charge in [-0.25, -0.2) is 4.39 Å². The summed E-state index contributed by atoms with van der Waals surface area (Å²) in [7, 11) is 0. The Morgan fingerprint density at radius 1 is 1.32 bits per heavy atom. The van der Waals surface area contributed by atoms with Crippen molar-refractivity contribution in [1.82, 2.24) is 0 Å². The van der Waals surface area contributed by atoms with Gasteiger partial charge in [-0.3, -0.25) is 4.79 Å². The third-order valence-corrected chi connectivity index (χ3v) is 5.39. The number of carboxylic acids is 1. The summed E-state index contributed by atoms with van der Waals surface area (Å²) >= 11 is 3.35. The lowest BCUT2D eigenvalue weighted by Gasteiger charge is -2.35. The molecule has 0 atom stereocenters. The first-order valence-electron chi connectivity index (χ1n) is 7.89. The summed E-state index contributed by atoms with van der Waals surface area (Å²) in [6, 6.07) is 2.70. The monoisotopic (exact) mass is 370 g/mol. The summed E-state index contributed by atoms with van der Waals surface area (Å²) in [5, 5.41) is 9.84. The molecule has 0 bridgehead atoms. The molecule has 0 radical (unpaired) electrons. The Kier molecular flexibility index (Phi) is 4.44. The highest BCUT2D eigenvalue weighted by molar-refractivity contribution is 9.10. The molecule has 0 saturated heterocycles. The third kappa shape index (κ3) is 3.00. The molecule has 0 heterocycles. The predicted molar refractivity (Wildman–Crippen MR) is 84.7 cm³/mol. The average molecular weight is 371 g/mol. The van der Waals surface area contributed by atoms with E-state index in [0.29, 0.717) is 41.2 Å². The SMILES string of the molecule is O=C(O)C1(c2cc(F)cc(Br)c2OCC2CC2)CCCCC1. The summed E-state index contributed by atoms with van der Waals surface area (Å²) < 4.78 is 20.3. The van der Waals surface area contributed by atoms with Gasteiger partial charge in [0.05, 0.1) is 16.5 Å². The number of hydrogen-bond acceptors (Lipinski definition) is 2. The Morgan fingerprint density at radius 3 is 2.59 bits per heavy atom. The fourth-order valence-electron chi connectivity index (χ4n) is 3.30. The second-order valence-electron chi connectivity index (χ2n) is 6.47. The van der Waals surface area contributed by atoms with E-state index >= 15 is 0 Å². The number of rotatable bonds is 5. The third-order valence-electron chi connectivity index (χ3n) is 4.80. The zero-order valence-electron chi connectivity index (χ0n) is 12.4. The van der Waals surface area contributed by atoms with Crippen LogP contribution in [-0.4, -0.2) is 17.7 Å². The van der Waals surface area contributed by atoms with Gasteiger partial charge in [0.1, 0.15) is 11.6 Å². The number of halogens is 2. The van der Waals surface area contributed by atoms with Crippen LogP contribution in [0.4, 0.5) is 4.39 Å². The molecule has 0 spiro atoms. The van der Waals surface area contributed by atoms with Crippen LogP contribution in [-0.2, 0) is 10.2 Å². The van der Waals surface area contributed by atoms with E-state index in [2.05, 4.69) is 15.9 Å². The zero-order valence-corrected chi connectivity index (χ0v) is 14.0. The van der Waals surface area contributed by atoms with Crippen LogP contribution >= 0.6 is 15.9 Å². The zero-order chi connectivity index (χ0) is 15.7. The molecule has 2 fully saturated rings. The van der Waals surface area contributed by atoms with Gasteiger partial charge in [0, 0.05) is 5.56 Å². The van der Waals surface area contributed by atoms with Crippen molar-refractivity contribution < 1.29 is 19.0 Å². The minimum absolute atomic E-state index is 0.424. The number of benzene rings is 1. The standard InChI is InChI=1S/C17H20BrFO3/c18-14-9-12(19)8-13(15(14)22-10-11-4-5-11)17(16(20)21)6-2-1-3-7-17/h8-9,11H,1-7,10H2,(H,20,21). The number of aliphatic carboxylic acids is 1. The smallest absolute Gasteiger partial charge is 0.314 e. The Morgan fingerprint density at radius 2 is 2.00 bits per heavy atom. The number of carboxylic acid groups (broad SMARTS) is 1. The first-order valence-corrected chi connectivity index (χ1v) is 8.68.